The number of anilines is 2. The Morgan fingerprint density at radius 2 is 2.32 bits per heavy atom. The molecule has 1 rings (SSSR count). The van der Waals surface area contributed by atoms with Crippen LogP contribution in [-0.2, 0) is 4.74 Å². The molecule has 0 fully saturated rings. The van der Waals surface area contributed by atoms with Gasteiger partial charge in [0.25, 0.3) is 0 Å². The van der Waals surface area contributed by atoms with Crippen LogP contribution in [0.3, 0.4) is 0 Å². The fraction of sp³-hybridized carbons (Fsp3) is 0.600. The molecular weight excluding hydrogens is 254 g/mol. The summed E-state index contributed by atoms with van der Waals surface area (Å²) in [7, 11) is 1.63. The summed E-state index contributed by atoms with van der Waals surface area (Å²) in [6.45, 7) is 1.21. The van der Waals surface area contributed by atoms with Crippen molar-refractivity contribution < 1.29 is 14.8 Å². The van der Waals surface area contributed by atoms with Gasteiger partial charge in [0.05, 0.1) is 18.1 Å². The van der Waals surface area contributed by atoms with Gasteiger partial charge < -0.3 is 20.5 Å². The summed E-state index contributed by atoms with van der Waals surface area (Å²) in [5.41, 5.74) is -0.171. The smallest absolute Gasteiger partial charge is 0.329 e. The zero-order valence-electron chi connectivity index (χ0n) is 10.6. The normalized spacial score (nSPS) is 10.2. The highest BCUT2D eigenvalue weighted by Gasteiger charge is 2.16. The zero-order valence-corrected chi connectivity index (χ0v) is 10.6. The molecule has 1 aromatic heterocycles. The van der Waals surface area contributed by atoms with E-state index in [0.717, 1.165) is 6.20 Å². The maximum atomic E-state index is 10.8. The maximum Gasteiger partial charge on any atom is 0.329 e. The van der Waals surface area contributed by atoms with Crippen molar-refractivity contribution in [3.63, 3.8) is 0 Å². The molecule has 0 saturated carbocycles. The summed E-state index contributed by atoms with van der Waals surface area (Å²) >= 11 is 0. The highest BCUT2D eigenvalue weighted by Crippen LogP contribution is 2.21. The summed E-state index contributed by atoms with van der Waals surface area (Å²) in [5.74, 6) is 0.483. The average Bonchev–Trinajstić information content (AvgIpc) is 2.42. The Kier molecular flexibility index (Phi) is 6.47. The third-order valence-corrected chi connectivity index (χ3v) is 2.18. The van der Waals surface area contributed by atoms with Crippen LogP contribution < -0.4 is 10.6 Å². The fourth-order valence-corrected chi connectivity index (χ4v) is 1.31. The van der Waals surface area contributed by atoms with Gasteiger partial charge in [-0.2, -0.15) is 4.98 Å². The molecule has 1 heterocycles. The second kappa shape index (κ2) is 8.16. The van der Waals surface area contributed by atoms with Gasteiger partial charge in [-0.1, -0.05) is 0 Å². The van der Waals surface area contributed by atoms with Crippen LogP contribution in [0.2, 0.25) is 0 Å². The molecule has 9 heteroatoms. The predicted molar refractivity (Wildman–Crippen MR) is 69.2 cm³/mol. The van der Waals surface area contributed by atoms with E-state index in [-0.39, 0.29) is 24.7 Å². The van der Waals surface area contributed by atoms with E-state index in [2.05, 4.69) is 20.6 Å². The average molecular weight is 271 g/mol. The van der Waals surface area contributed by atoms with Crippen LogP contribution in [0.5, 0.6) is 0 Å². The molecule has 0 unspecified atom stereocenters. The van der Waals surface area contributed by atoms with Gasteiger partial charge in [0.1, 0.15) is 6.20 Å². The first-order valence-electron chi connectivity index (χ1n) is 5.80. The Bertz CT molecular complexity index is 415. The summed E-state index contributed by atoms with van der Waals surface area (Å²) < 4.78 is 5.07. The first-order chi connectivity index (χ1) is 9.19. The quantitative estimate of drug-likeness (QED) is 0.331. The molecule has 19 heavy (non-hydrogen) atoms. The fourth-order valence-electron chi connectivity index (χ4n) is 1.31. The molecular formula is C10H17N5O4. The van der Waals surface area contributed by atoms with Gasteiger partial charge in [-0.15, -0.1) is 0 Å². The molecule has 0 aliphatic rings. The van der Waals surface area contributed by atoms with Crippen molar-refractivity contribution in [2.75, 3.05) is 44.0 Å². The minimum atomic E-state index is -0.538. The first kappa shape index (κ1) is 15.1. The zero-order chi connectivity index (χ0) is 14.1. The molecule has 0 aliphatic carbocycles. The first-order valence-corrected chi connectivity index (χ1v) is 5.80. The van der Waals surface area contributed by atoms with Crippen LogP contribution in [0, 0.1) is 10.1 Å². The predicted octanol–water partition coefficient (Wildman–Crippen LogP) is 0.237. The SMILES string of the molecule is CNc1ncc([N+](=O)[O-])c(NCCCOCCO)n1. The molecule has 0 aromatic carbocycles. The van der Waals surface area contributed by atoms with E-state index in [1.807, 2.05) is 0 Å². The number of ether oxygens (including phenoxy) is 1. The van der Waals surface area contributed by atoms with Crippen molar-refractivity contribution in [3.05, 3.63) is 16.3 Å². The molecule has 0 radical (unpaired) electrons. The highest BCUT2D eigenvalue weighted by atomic mass is 16.6. The van der Waals surface area contributed by atoms with E-state index < -0.39 is 4.92 Å². The number of hydrogen-bond donors (Lipinski definition) is 3. The lowest BCUT2D eigenvalue weighted by molar-refractivity contribution is -0.384. The summed E-state index contributed by atoms with van der Waals surface area (Å²) in [6, 6.07) is 0. The number of hydrogen-bond acceptors (Lipinski definition) is 8. The number of aromatic nitrogens is 2. The molecule has 106 valence electrons. The molecule has 0 atom stereocenters. The molecule has 0 aliphatic heterocycles. The molecule has 0 saturated heterocycles. The van der Waals surface area contributed by atoms with Crippen LogP contribution in [0.1, 0.15) is 6.42 Å². The van der Waals surface area contributed by atoms with Gasteiger partial charge in [0.15, 0.2) is 0 Å². The standard InChI is InChI=1S/C10H17N5O4/c1-11-10-13-7-8(15(17)18)9(14-10)12-3-2-5-19-6-4-16/h7,16H,2-6H2,1H3,(H2,11,12,13,14). The van der Waals surface area contributed by atoms with Gasteiger partial charge in [0.2, 0.25) is 11.8 Å². The molecule has 1 aromatic rings. The molecule has 0 spiro atoms. The summed E-state index contributed by atoms with van der Waals surface area (Å²) in [6.07, 6.45) is 1.81. The minimum absolute atomic E-state index is 0.0175. The second-order valence-electron chi connectivity index (χ2n) is 3.55. The number of aliphatic hydroxyl groups is 1. The van der Waals surface area contributed by atoms with E-state index >= 15 is 0 Å². The van der Waals surface area contributed by atoms with Crippen LogP contribution >= 0.6 is 0 Å². The van der Waals surface area contributed by atoms with Crippen molar-refractivity contribution in [2.24, 2.45) is 0 Å². The molecule has 0 amide bonds. The number of nitro groups is 1. The van der Waals surface area contributed by atoms with Crippen molar-refractivity contribution in [3.8, 4) is 0 Å². The van der Waals surface area contributed by atoms with Gasteiger partial charge in [-0.25, -0.2) is 4.98 Å². The van der Waals surface area contributed by atoms with Gasteiger partial charge in [-0.05, 0) is 6.42 Å². The van der Waals surface area contributed by atoms with Crippen LogP contribution in [-0.4, -0.2) is 53.4 Å². The number of nitrogens with one attached hydrogen (secondary N) is 2. The van der Waals surface area contributed by atoms with Gasteiger partial charge in [0, 0.05) is 20.2 Å². The Labute approximate surface area is 110 Å². The van der Waals surface area contributed by atoms with Crippen molar-refractivity contribution in [1.82, 2.24) is 9.97 Å². The van der Waals surface area contributed by atoms with Crippen molar-refractivity contribution in [1.29, 1.82) is 0 Å². The van der Waals surface area contributed by atoms with Crippen LogP contribution in [0.15, 0.2) is 6.20 Å². The lowest BCUT2D eigenvalue weighted by Crippen LogP contribution is -2.11. The Hall–Kier alpha value is -2.00. The lowest BCUT2D eigenvalue weighted by atomic mass is 10.4. The van der Waals surface area contributed by atoms with Crippen molar-refractivity contribution >= 4 is 17.5 Å². The molecule has 0 bridgehead atoms. The van der Waals surface area contributed by atoms with E-state index in [4.69, 9.17) is 9.84 Å². The highest BCUT2D eigenvalue weighted by molar-refractivity contribution is 5.56. The van der Waals surface area contributed by atoms with E-state index in [0.29, 0.717) is 25.5 Å². The molecule has 3 N–H and O–H groups in total. The monoisotopic (exact) mass is 271 g/mol. The van der Waals surface area contributed by atoms with Gasteiger partial charge in [-0.3, -0.25) is 10.1 Å². The third kappa shape index (κ3) is 5.02. The number of aliphatic hydroxyl groups excluding tert-OH is 1. The summed E-state index contributed by atoms with van der Waals surface area (Å²) in [4.78, 5) is 18.1. The van der Waals surface area contributed by atoms with Crippen LogP contribution in [0.25, 0.3) is 0 Å². The number of rotatable bonds is 9. The van der Waals surface area contributed by atoms with E-state index in [9.17, 15) is 10.1 Å². The Morgan fingerprint density at radius 1 is 1.53 bits per heavy atom. The Balaban J connectivity index is 2.52. The third-order valence-electron chi connectivity index (χ3n) is 2.18. The Morgan fingerprint density at radius 3 is 2.95 bits per heavy atom. The van der Waals surface area contributed by atoms with Gasteiger partial charge >= 0.3 is 5.69 Å². The molecule has 9 nitrogen and oxygen atoms in total. The number of nitrogens with zero attached hydrogens (tertiary/aromatic N) is 3. The summed E-state index contributed by atoms with van der Waals surface area (Å²) in [5, 5.41) is 24.9. The van der Waals surface area contributed by atoms with E-state index in [1.165, 1.54) is 0 Å². The van der Waals surface area contributed by atoms with Crippen LogP contribution in [0.4, 0.5) is 17.5 Å². The van der Waals surface area contributed by atoms with Crippen molar-refractivity contribution in [2.45, 2.75) is 6.42 Å². The topological polar surface area (TPSA) is 122 Å². The maximum absolute atomic E-state index is 10.8. The lowest BCUT2D eigenvalue weighted by Gasteiger charge is -2.07. The second-order valence-corrected chi connectivity index (χ2v) is 3.55. The minimum Gasteiger partial charge on any atom is -0.394 e. The van der Waals surface area contributed by atoms with E-state index in [1.54, 1.807) is 7.05 Å². The largest absolute Gasteiger partial charge is 0.394 e.